The fourth-order valence-corrected chi connectivity index (χ4v) is 11.5. The lowest BCUT2D eigenvalue weighted by atomic mass is 9.84. The third-order valence-electron chi connectivity index (χ3n) is 14.4. The lowest BCUT2D eigenvalue weighted by Gasteiger charge is -2.19. The molecule has 0 radical (unpaired) electrons. The van der Waals surface area contributed by atoms with Crippen LogP contribution in [0.2, 0.25) is 0 Å². The Hall–Kier alpha value is -8.58. The Labute approximate surface area is 382 Å². The van der Waals surface area contributed by atoms with E-state index < -0.39 is 0 Å². The van der Waals surface area contributed by atoms with Crippen LogP contribution in [0.25, 0.3) is 141 Å². The first-order valence-electron chi connectivity index (χ1n) is 23.0. The first-order chi connectivity index (χ1) is 32.8. The molecule has 0 saturated heterocycles. The molecule has 0 N–H and O–H groups in total. The van der Waals surface area contributed by atoms with E-state index in [0.717, 1.165) is 0 Å². The number of fused-ring (bicyclic) bond motifs is 15. The van der Waals surface area contributed by atoms with Gasteiger partial charge in [0, 0.05) is 0 Å². The summed E-state index contributed by atoms with van der Waals surface area (Å²) >= 11 is 0. The van der Waals surface area contributed by atoms with Crippen molar-refractivity contribution in [3.63, 3.8) is 0 Å². The van der Waals surface area contributed by atoms with Crippen LogP contribution in [0.3, 0.4) is 0 Å². The molecule has 0 atom stereocenters. The van der Waals surface area contributed by atoms with Gasteiger partial charge in [-0.1, -0.05) is 231 Å². The molecule has 0 spiro atoms. The third-order valence-corrected chi connectivity index (χ3v) is 14.4. The zero-order chi connectivity index (χ0) is 43.3. The van der Waals surface area contributed by atoms with E-state index in [9.17, 15) is 0 Å². The lowest BCUT2D eigenvalue weighted by Crippen LogP contribution is -1.91. The summed E-state index contributed by atoms with van der Waals surface area (Å²) in [7, 11) is 0. The van der Waals surface area contributed by atoms with E-state index in [2.05, 4.69) is 243 Å². The summed E-state index contributed by atoms with van der Waals surface area (Å²) in [4.78, 5) is 0. The molecule has 14 aromatic carbocycles. The van der Waals surface area contributed by atoms with E-state index in [1.54, 1.807) is 0 Å². The van der Waals surface area contributed by atoms with Crippen molar-refractivity contribution in [3.8, 4) is 44.5 Å². The monoisotopic (exact) mass is 832 g/mol. The van der Waals surface area contributed by atoms with Crippen LogP contribution >= 0.6 is 0 Å². The Balaban J connectivity index is 0.977. The smallest absolute Gasteiger partial charge is 0.00139 e. The second-order valence-corrected chi connectivity index (χ2v) is 17.8. The van der Waals surface area contributed by atoms with Crippen molar-refractivity contribution in [2.24, 2.45) is 0 Å². The third kappa shape index (κ3) is 5.46. The maximum absolute atomic E-state index is 2.45. The van der Waals surface area contributed by atoms with Crippen molar-refractivity contribution in [2.75, 3.05) is 0 Å². The topological polar surface area (TPSA) is 0 Å². The molecule has 0 aromatic heterocycles. The molecule has 0 nitrogen and oxygen atoms in total. The molecular formula is C66H40. The van der Waals surface area contributed by atoms with Crippen molar-refractivity contribution in [2.45, 2.75) is 0 Å². The van der Waals surface area contributed by atoms with Crippen LogP contribution in [-0.4, -0.2) is 0 Å². The van der Waals surface area contributed by atoms with Crippen molar-refractivity contribution < 1.29 is 0 Å². The van der Waals surface area contributed by atoms with Crippen molar-refractivity contribution in [1.82, 2.24) is 0 Å². The molecular weight excluding hydrogens is 793 g/mol. The quantitative estimate of drug-likeness (QED) is 0.155. The van der Waals surface area contributed by atoms with Crippen molar-refractivity contribution in [3.05, 3.63) is 243 Å². The summed E-state index contributed by atoms with van der Waals surface area (Å²) in [6.07, 6.45) is 0. The molecule has 14 aromatic rings. The van der Waals surface area contributed by atoms with Gasteiger partial charge in [-0.15, -0.1) is 0 Å². The minimum atomic E-state index is 1.22. The summed E-state index contributed by atoms with van der Waals surface area (Å²) in [5.41, 5.74) is 9.99. The zero-order valence-electron chi connectivity index (χ0n) is 36.1. The fourth-order valence-electron chi connectivity index (χ4n) is 11.5. The molecule has 0 aliphatic rings. The highest BCUT2D eigenvalue weighted by atomic mass is 14.2. The summed E-state index contributed by atoms with van der Waals surface area (Å²) in [5, 5.41) is 23.0. The minimum Gasteiger partial charge on any atom is -0.0616 e. The van der Waals surface area contributed by atoms with E-state index >= 15 is 0 Å². The van der Waals surface area contributed by atoms with Crippen LogP contribution in [0.5, 0.6) is 0 Å². The van der Waals surface area contributed by atoms with Gasteiger partial charge in [0.25, 0.3) is 0 Å². The van der Waals surface area contributed by atoms with E-state index in [0.29, 0.717) is 0 Å². The normalized spacial score (nSPS) is 11.9. The molecule has 0 aliphatic heterocycles. The molecule has 0 heteroatoms. The van der Waals surface area contributed by atoms with Crippen LogP contribution in [0, 0.1) is 0 Å². The first-order valence-corrected chi connectivity index (χ1v) is 23.0. The van der Waals surface area contributed by atoms with Crippen LogP contribution in [0.4, 0.5) is 0 Å². The summed E-state index contributed by atoms with van der Waals surface area (Å²) in [5.74, 6) is 0. The highest BCUT2D eigenvalue weighted by Gasteiger charge is 2.19. The Morgan fingerprint density at radius 3 is 0.864 bits per heavy atom. The predicted molar refractivity (Wildman–Crippen MR) is 286 cm³/mol. The SMILES string of the molecule is c1ccc2c(-c3ccc(-c4ccc5c(c4)c4ccccc4c4c6ccc(-c7ccc(-c8cccc9ccccc89)c8ccccc78)cc6c6ccccc6c54)c4ccccc34)cccc2c1. The van der Waals surface area contributed by atoms with Crippen LogP contribution in [-0.2, 0) is 0 Å². The molecule has 0 aliphatic carbocycles. The second kappa shape index (κ2) is 14.5. The van der Waals surface area contributed by atoms with E-state index in [1.807, 2.05) is 0 Å². The van der Waals surface area contributed by atoms with Crippen molar-refractivity contribution in [1.29, 1.82) is 0 Å². The van der Waals surface area contributed by atoms with E-state index in [-0.39, 0.29) is 0 Å². The average Bonchev–Trinajstić information content (AvgIpc) is 3.39. The Morgan fingerprint density at radius 1 is 0.152 bits per heavy atom. The lowest BCUT2D eigenvalue weighted by molar-refractivity contribution is 1.66. The number of rotatable bonds is 4. The Morgan fingerprint density at radius 2 is 0.439 bits per heavy atom. The Kier molecular flexibility index (Phi) is 8.08. The van der Waals surface area contributed by atoms with E-state index in [1.165, 1.54) is 141 Å². The molecule has 0 saturated carbocycles. The predicted octanol–water partition coefficient (Wildman–Crippen LogP) is 18.7. The molecule has 0 bridgehead atoms. The van der Waals surface area contributed by atoms with Gasteiger partial charge in [0.05, 0.1) is 0 Å². The van der Waals surface area contributed by atoms with Gasteiger partial charge in [0.2, 0.25) is 0 Å². The highest BCUT2D eigenvalue weighted by molar-refractivity contribution is 6.40. The standard InChI is InChI=1S/C66H40/c1-3-19-45-41(15-1)17-13-29-51(45)57-37-35-47(49-21-5-7-23-53(49)57)43-31-33-61-63(39-43)55-25-9-11-27-59(55)66-62-34-32-44(40-64(62)56-26-10-12-28-60(56)65(61)66)48-36-38-58(54-24-8-6-22-50(48)54)52-30-14-18-42-16-2-4-20-46(42)52/h1-40H. The van der Waals surface area contributed by atoms with Crippen LogP contribution < -0.4 is 0 Å². The minimum absolute atomic E-state index is 1.22. The molecule has 0 fully saturated rings. The van der Waals surface area contributed by atoms with Crippen molar-refractivity contribution >= 4 is 97.0 Å². The number of hydrogen-bond donors (Lipinski definition) is 0. The van der Waals surface area contributed by atoms with Gasteiger partial charge >= 0.3 is 0 Å². The van der Waals surface area contributed by atoms with Crippen LogP contribution in [0.1, 0.15) is 0 Å². The zero-order valence-corrected chi connectivity index (χ0v) is 36.1. The average molecular weight is 833 g/mol. The summed E-state index contributed by atoms with van der Waals surface area (Å²) < 4.78 is 0. The van der Waals surface area contributed by atoms with Gasteiger partial charge in [-0.2, -0.15) is 0 Å². The maximum Gasteiger partial charge on any atom is -0.00139 e. The molecule has 66 heavy (non-hydrogen) atoms. The second-order valence-electron chi connectivity index (χ2n) is 17.8. The van der Waals surface area contributed by atoms with Gasteiger partial charge < -0.3 is 0 Å². The van der Waals surface area contributed by atoms with Gasteiger partial charge in [-0.05, 0) is 154 Å². The molecule has 14 rings (SSSR count). The molecule has 0 amide bonds. The summed E-state index contributed by atoms with van der Waals surface area (Å²) in [6, 6.07) is 90.4. The van der Waals surface area contributed by atoms with Gasteiger partial charge in [0.1, 0.15) is 0 Å². The number of hydrogen-bond acceptors (Lipinski definition) is 0. The van der Waals surface area contributed by atoms with Gasteiger partial charge in [0.15, 0.2) is 0 Å². The largest absolute Gasteiger partial charge is 0.0616 e. The fraction of sp³-hybridized carbons (Fsp3) is 0. The maximum atomic E-state index is 2.45. The first kappa shape index (κ1) is 36.9. The van der Waals surface area contributed by atoms with Gasteiger partial charge in [-0.25, -0.2) is 0 Å². The highest BCUT2D eigenvalue weighted by Crippen LogP contribution is 2.47. The molecule has 0 heterocycles. The molecule has 0 unspecified atom stereocenters. The van der Waals surface area contributed by atoms with Gasteiger partial charge in [-0.3, -0.25) is 0 Å². The summed E-state index contributed by atoms with van der Waals surface area (Å²) in [6.45, 7) is 0. The molecule has 304 valence electrons. The Bertz CT molecular complexity index is 4050. The van der Waals surface area contributed by atoms with E-state index in [4.69, 9.17) is 0 Å². The van der Waals surface area contributed by atoms with Crippen LogP contribution in [0.15, 0.2) is 243 Å². The number of benzene rings is 14.